The maximum absolute atomic E-state index is 13.2. The van der Waals surface area contributed by atoms with Gasteiger partial charge in [-0.1, -0.05) is 12.8 Å². The number of alkyl halides is 3. The molecule has 13 nitrogen and oxygen atoms in total. The summed E-state index contributed by atoms with van der Waals surface area (Å²) in [5.74, 6) is 0.264. The number of rotatable bonds is 7. The van der Waals surface area contributed by atoms with Gasteiger partial charge in [0, 0.05) is 6.04 Å². The topological polar surface area (TPSA) is 178 Å². The number of aromatic nitrogens is 6. The number of halogens is 3. The van der Waals surface area contributed by atoms with E-state index < -0.39 is 52.7 Å². The van der Waals surface area contributed by atoms with Crippen molar-refractivity contribution in [1.29, 1.82) is 0 Å². The molecule has 0 spiro atoms. The van der Waals surface area contributed by atoms with Gasteiger partial charge in [0.25, 0.3) is 5.95 Å². The molecule has 0 radical (unpaired) electrons. The highest BCUT2D eigenvalue weighted by Crippen LogP contribution is 2.34. The number of anilines is 1. The van der Waals surface area contributed by atoms with Gasteiger partial charge in [-0.3, -0.25) is 4.57 Å². The normalized spacial score (nSPS) is 23.7. The summed E-state index contributed by atoms with van der Waals surface area (Å²) in [6, 6.07) is 3.23. The van der Waals surface area contributed by atoms with E-state index in [2.05, 4.69) is 25.4 Å². The van der Waals surface area contributed by atoms with Crippen LogP contribution in [0.3, 0.4) is 0 Å². The molecular weight excluding hydrogens is 583 g/mol. The molecule has 1 aliphatic heterocycles. The number of benzene rings is 1. The van der Waals surface area contributed by atoms with E-state index >= 15 is 0 Å². The first-order chi connectivity index (χ1) is 20.0. The van der Waals surface area contributed by atoms with Crippen LogP contribution in [0.4, 0.5) is 19.0 Å². The average molecular weight is 610 g/mol. The van der Waals surface area contributed by atoms with Crippen LogP contribution < -0.4 is 5.32 Å². The molecule has 0 bridgehead atoms. The smallest absolute Gasteiger partial charge is 0.394 e. The SMILES string of the molecule is O=S(=O)(c1ccc(C(F)(F)F)cc1)c1cnn(-c2nc(NC3CCCC3)c3ncn([C@@H]4O[C@H](CO)C(O)C4O)c3n2)c1. The van der Waals surface area contributed by atoms with Gasteiger partial charge in [0.05, 0.1) is 35.8 Å². The summed E-state index contributed by atoms with van der Waals surface area (Å²) >= 11 is 0. The van der Waals surface area contributed by atoms with E-state index in [4.69, 9.17) is 4.74 Å². The fourth-order valence-electron chi connectivity index (χ4n) is 5.18. The zero-order valence-corrected chi connectivity index (χ0v) is 22.6. The van der Waals surface area contributed by atoms with Crippen LogP contribution in [-0.2, 0) is 20.8 Å². The quantitative estimate of drug-likeness (QED) is 0.240. The fraction of sp³-hybridized carbons (Fsp3) is 0.440. The minimum atomic E-state index is -4.61. The second-order valence-corrected chi connectivity index (χ2v) is 12.1. The van der Waals surface area contributed by atoms with Crippen molar-refractivity contribution in [3.8, 4) is 5.95 Å². The summed E-state index contributed by atoms with van der Waals surface area (Å²) in [6.07, 6.45) is -2.19. The highest BCUT2D eigenvalue weighted by Gasteiger charge is 2.44. The number of nitrogens with zero attached hydrogens (tertiary/aromatic N) is 6. The fourth-order valence-corrected chi connectivity index (χ4v) is 6.37. The third kappa shape index (κ3) is 5.00. The van der Waals surface area contributed by atoms with Gasteiger partial charge in [0.2, 0.25) is 9.84 Å². The maximum Gasteiger partial charge on any atom is 0.416 e. The Hall–Kier alpha value is -3.64. The number of hydrogen-bond acceptors (Lipinski definition) is 11. The van der Waals surface area contributed by atoms with Gasteiger partial charge in [-0.25, -0.2) is 18.1 Å². The van der Waals surface area contributed by atoms with Crippen LogP contribution in [-0.4, -0.2) is 84.0 Å². The van der Waals surface area contributed by atoms with Crippen LogP contribution in [0, 0.1) is 0 Å². The Balaban J connectivity index is 1.39. The van der Waals surface area contributed by atoms with Gasteiger partial charge in [-0.15, -0.1) is 0 Å². The number of fused-ring (bicyclic) bond motifs is 1. The number of imidazole rings is 1. The summed E-state index contributed by atoms with van der Waals surface area (Å²) in [5, 5.41) is 37.8. The third-order valence-electron chi connectivity index (χ3n) is 7.46. The Morgan fingerprint density at radius 3 is 2.40 bits per heavy atom. The standard InChI is InChI=1S/C25H26F3N7O6S/c26-25(27,28)13-5-7-15(8-6-13)42(39,40)16-9-30-35(10-16)24-32-21(31-14-3-1-2-4-14)18-22(33-24)34(12-29-18)23-20(38)19(37)17(11-36)41-23/h5-10,12,14,17,19-20,23,36-38H,1-4,11H2,(H,31,32,33)/t17-,19?,20?,23-/m1/s1. The van der Waals surface area contributed by atoms with E-state index in [1.165, 1.54) is 10.9 Å². The van der Waals surface area contributed by atoms with Crippen molar-refractivity contribution >= 4 is 26.8 Å². The summed E-state index contributed by atoms with van der Waals surface area (Å²) in [7, 11) is -4.24. The van der Waals surface area contributed by atoms with Crippen molar-refractivity contribution < 1.29 is 41.6 Å². The van der Waals surface area contributed by atoms with Gasteiger partial charge in [0.1, 0.15) is 23.2 Å². The van der Waals surface area contributed by atoms with E-state index in [0.29, 0.717) is 23.5 Å². The molecule has 2 aliphatic rings. The Kier molecular flexibility index (Phi) is 7.17. The first-order valence-corrected chi connectivity index (χ1v) is 14.6. The highest BCUT2D eigenvalue weighted by molar-refractivity contribution is 7.91. The second-order valence-electron chi connectivity index (χ2n) is 10.2. The van der Waals surface area contributed by atoms with Gasteiger partial charge >= 0.3 is 6.18 Å². The maximum atomic E-state index is 13.2. The zero-order chi connectivity index (χ0) is 29.8. The van der Waals surface area contributed by atoms with Crippen molar-refractivity contribution in [2.75, 3.05) is 11.9 Å². The Labute approximate surface area is 236 Å². The Morgan fingerprint density at radius 1 is 1.05 bits per heavy atom. The number of ether oxygens (including phenoxy) is 1. The number of aliphatic hydroxyl groups excluding tert-OH is 3. The van der Waals surface area contributed by atoms with Crippen molar-refractivity contribution in [2.45, 2.75) is 72.2 Å². The van der Waals surface area contributed by atoms with Gasteiger partial charge in [-0.2, -0.15) is 28.2 Å². The minimum Gasteiger partial charge on any atom is -0.394 e. The number of sulfone groups is 1. The molecule has 3 aromatic heterocycles. The molecule has 4 N–H and O–H groups in total. The molecule has 2 fully saturated rings. The van der Waals surface area contributed by atoms with Crippen LogP contribution in [0.5, 0.6) is 0 Å². The molecule has 42 heavy (non-hydrogen) atoms. The van der Waals surface area contributed by atoms with E-state index in [-0.39, 0.29) is 27.4 Å². The lowest BCUT2D eigenvalue weighted by Crippen LogP contribution is -2.33. The van der Waals surface area contributed by atoms with Crippen molar-refractivity contribution in [2.24, 2.45) is 0 Å². The molecule has 1 saturated heterocycles. The lowest BCUT2D eigenvalue weighted by atomic mass is 10.1. The Bertz CT molecular complexity index is 1700. The van der Waals surface area contributed by atoms with Gasteiger partial charge < -0.3 is 25.4 Å². The van der Waals surface area contributed by atoms with Crippen molar-refractivity contribution in [1.82, 2.24) is 29.3 Å². The van der Waals surface area contributed by atoms with E-state index in [1.807, 2.05) is 0 Å². The molecule has 17 heteroatoms. The summed E-state index contributed by atoms with van der Waals surface area (Å²) in [4.78, 5) is 12.8. The van der Waals surface area contributed by atoms with Crippen LogP contribution >= 0.6 is 0 Å². The summed E-state index contributed by atoms with van der Waals surface area (Å²) in [6.45, 7) is -0.528. The molecule has 1 saturated carbocycles. The zero-order valence-electron chi connectivity index (χ0n) is 21.8. The molecule has 224 valence electrons. The molecule has 4 heterocycles. The lowest BCUT2D eigenvalue weighted by molar-refractivity contribution is -0.137. The highest BCUT2D eigenvalue weighted by atomic mass is 32.2. The average Bonchev–Trinajstić information content (AvgIpc) is 3.77. The third-order valence-corrected chi connectivity index (χ3v) is 9.19. The molecule has 1 aromatic carbocycles. The summed E-state index contributed by atoms with van der Waals surface area (Å²) < 4.78 is 73.3. The van der Waals surface area contributed by atoms with E-state index in [1.54, 1.807) is 0 Å². The largest absolute Gasteiger partial charge is 0.416 e. The Morgan fingerprint density at radius 2 is 1.76 bits per heavy atom. The number of nitrogens with one attached hydrogen (secondary N) is 1. The van der Waals surface area contributed by atoms with Crippen LogP contribution in [0.15, 0.2) is 52.8 Å². The van der Waals surface area contributed by atoms with Crippen molar-refractivity contribution in [3.63, 3.8) is 0 Å². The van der Waals surface area contributed by atoms with Gasteiger partial charge in [0.15, 0.2) is 23.2 Å². The van der Waals surface area contributed by atoms with Crippen LogP contribution in [0.1, 0.15) is 37.5 Å². The van der Waals surface area contributed by atoms with E-state index in [9.17, 15) is 36.9 Å². The second kappa shape index (κ2) is 10.6. The molecule has 2 unspecified atom stereocenters. The number of aliphatic hydroxyl groups is 3. The predicted molar refractivity (Wildman–Crippen MR) is 138 cm³/mol. The van der Waals surface area contributed by atoms with Gasteiger partial charge in [-0.05, 0) is 37.1 Å². The molecule has 0 amide bonds. The first-order valence-electron chi connectivity index (χ1n) is 13.1. The molecule has 4 aromatic rings. The van der Waals surface area contributed by atoms with Crippen LogP contribution in [0.2, 0.25) is 0 Å². The minimum absolute atomic E-state index is 0.0645. The monoisotopic (exact) mass is 609 g/mol. The number of hydrogen-bond donors (Lipinski definition) is 4. The summed E-state index contributed by atoms with van der Waals surface area (Å²) in [5.41, 5.74) is -0.474. The lowest BCUT2D eigenvalue weighted by Gasteiger charge is -2.18. The molecule has 4 atom stereocenters. The molecule has 1 aliphatic carbocycles. The van der Waals surface area contributed by atoms with Crippen LogP contribution in [0.25, 0.3) is 17.1 Å². The van der Waals surface area contributed by atoms with E-state index in [0.717, 1.165) is 54.9 Å². The molecule has 6 rings (SSSR count). The first kappa shape index (κ1) is 28.5. The molecular formula is C25H26F3N7O6S. The van der Waals surface area contributed by atoms with Crippen molar-refractivity contribution in [3.05, 3.63) is 48.5 Å². The predicted octanol–water partition coefficient (Wildman–Crippen LogP) is 1.83.